The molecule has 8 heteroatoms. The van der Waals surface area contributed by atoms with Crippen molar-refractivity contribution in [2.45, 2.75) is 13.0 Å². The number of rotatable bonds is 8. The van der Waals surface area contributed by atoms with Crippen molar-refractivity contribution in [1.82, 2.24) is 4.90 Å². The molecule has 0 aromatic heterocycles. The summed E-state index contributed by atoms with van der Waals surface area (Å²) in [6, 6.07) is 19.3. The number of aliphatic imine (C=N–C) groups is 1. The zero-order chi connectivity index (χ0) is 24.9. The van der Waals surface area contributed by atoms with Gasteiger partial charge in [0.15, 0.2) is 11.5 Å². The minimum Gasteiger partial charge on any atom is -0.496 e. The van der Waals surface area contributed by atoms with Gasteiger partial charge in [0.25, 0.3) is 0 Å². The third kappa shape index (κ3) is 4.98. The lowest BCUT2D eigenvalue weighted by Crippen LogP contribution is -2.42. The van der Waals surface area contributed by atoms with Crippen molar-refractivity contribution in [2.24, 2.45) is 4.99 Å². The first-order valence-corrected chi connectivity index (χ1v) is 12.0. The number of hydrogen-bond acceptors (Lipinski definition) is 7. The van der Waals surface area contributed by atoms with Crippen molar-refractivity contribution in [3.05, 3.63) is 81.8 Å². The van der Waals surface area contributed by atoms with Crippen LogP contribution in [0.15, 0.2) is 70.1 Å². The first kappa shape index (κ1) is 24.6. The van der Waals surface area contributed by atoms with Crippen molar-refractivity contribution in [3.8, 4) is 17.2 Å². The van der Waals surface area contributed by atoms with Gasteiger partial charge in [-0.15, -0.1) is 0 Å². The fourth-order valence-electron chi connectivity index (χ4n) is 4.24. The van der Waals surface area contributed by atoms with Crippen molar-refractivity contribution < 1.29 is 23.7 Å². The molecule has 0 radical (unpaired) electrons. The Morgan fingerprint density at radius 2 is 1.63 bits per heavy atom. The van der Waals surface area contributed by atoms with Crippen molar-refractivity contribution >= 4 is 33.4 Å². The largest absolute Gasteiger partial charge is 0.496 e. The molecule has 1 unspecified atom stereocenters. The summed E-state index contributed by atoms with van der Waals surface area (Å²) in [7, 11) is 4.73. The molecule has 3 aromatic rings. The van der Waals surface area contributed by atoms with Gasteiger partial charge in [0.2, 0.25) is 0 Å². The second kappa shape index (κ2) is 10.8. The van der Waals surface area contributed by atoms with Crippen LogP contribution in [0.1, 0.15) is 29.7 Å². The summed E-state index contributed by atoms with van der Waals surface area (Å²) in [4.78, 5) is 19.8. The molecule has 1 aliphatic heterocycles. The van der Waals surface area contributed by atoms with E-state index in [2.05, 4.69) is 15.9 Å². The Bertz CT molecular complexity index is 1250. The maximum absolute atomic E-state index is 12.8. The second-order valence-corrected chi connectivity index (χ2v) is 8.71. The number of fused-ring (bicyclic) bond motifs is 1. The van der Waals surface area contributed by atoms with Crippen LogP contribution in [-0.2, 0) is 9.53 Å². The number of carbonyl (C=O) groups is 1. The number of amidine groups is 1. The number of halogens is 1. The summed E-state index contributed by atoms with van der Waals surface area (Å²) >= 11 is 3.59. The van der Waals surface area contributed by atoms with Gasteiger partial charge in [0.05, 0.1) is 45.2 Å². The van der Waals surface area contributed by atoms with Crippen LogP contribution in [0.4, 0.5) is 5.69 Å². The Hall–Kier alpha value is -3.52. The normalized spacial score (nSPS) is 14.6. The molecule has 7 nitrogen and oxygen atoms in total. The first-order valence-electron chi connectivity index (χ1n) is 11.2. The van der Waals surface area contributed by atoms with E-state index in [4.69, 9.17) is 23.9 Å². The monoisotopic (exact) mass is 538 g/mol. The Morgan fingerprint density at radius 3 is 2.29 bits per heavy atom. The summed E-state index contributed by atoms with van der Waals surface area (Å²) < 4.78 is 23.0. The summed E-state index contributed by atoms with van der Waals surface area (Å²) in [6.45, 7) is 2.08. The predicted molar refractivity (Wildman–Crippen MR) is 138 cm³/mol. The Kier molecular flexibility index (Phi) is 7.60. The maximum Gasteiger partial charge on any atom is 0.325 e. The molecule has 0 amide bonds. The highest BCUT2D eigenvalue weighted by atomic mass is 79.9. The van der Waals surface area contributed by atoms with Gasteiger partial charge in [0.1, 0.15) is 18.1 Å². The summed E-state index contributed by atoms with van der Waals surface area (Å²) in [5.74, 6) is 1.83. The maximum atomic E-state index is 12.8. The van der Waals surface area contributed by atoms with Crippen LogP contribution in [0.3, 0.4) is 0 Å². The highest BCUT2D eigenvalue weighted by molar-refractivity contribution is 9.10. The van der Waals surface area contributed by atoms with E-state index in [9.17, 15) is 4.79 Å². The van der Waals surface area contributed by atoms with E-state index in [1.54, 1.807) is 34.3 Å². The number of nitrogens with zero attached hydrogens (tertiary/aromatic N) is 2. The molecule has 0 N–H and O–H groups in total. The zero-order valence-corrected chi connectivity index (χ0v) is 21.7. The Labute approximate surface area is 213 Å². The quantitative estimate of drug-likeness (QED) is 0.351. The zero-order valence-electron chi connectivity index (χ0n) is 20.1. The van der Waals surface area contributed by atoms with Crippen LogP contribution < -0.4 is 14.2 Å². The number of methoxy groups -OCH3 is 3. The van der Waals surface area contributed by atoms with Crippen molar-refractivity contribution in [1.29, 1.82) is 0 Å². The van der Waals surface area contributed by atoms with Gasteiger partial charge >= 0.3 is 5.97 Å². The summed E-state index contributed by atoms with van der Waals surface area (Å²) in [5.41, 5.74) is 3.46. The summed E-state index contributed by atoms with van der Waals surface area (Å²) in [6.07, 6.45) is 0. The molecule has 1 heterocycles. The highest BCUT2D eigenvalue weighted by Crippen LogP contribution is 2.44. The highest BCUT2D eigenvalue weighted by Gasteiger charge is 2.35. The lowest BCUT2D eigenvalue weighted by atomic mass is 9.92. The number of ether oxygens (including phenoxy) is 4. The van der Waals surface area contributed by atoms with Crippen LogP contribution >= 0.6 is 15.9 Å². The number of hydrogen-bond donors (Lipinski definition) is 0. The third-order valence-corrected chi connectivity index (χ3v) is 6.25. The molecular weight excluding hydrogens is 512 g/mol. The molecule has 1 aliphatic rings. The molecule has 0 fully saturated rings. The van der Waals surface area contributed by atoms with E-state index in [0.717, 1.165) is 21.3 Å². The van der Waals surface area contributed by atoms with Gasteiger partial charge in [-0.25, -0.2) is 4.99 Å². The van der Waals surface area contributed by atoms with Crippen LogP contribution in [0, 0.1) is 0 Å². The molecule has 1 atom stereocenters. The van der Waals surface area contributed by atoms with Gasteiger partial charge in [-0.2, -0.15) is 0 Å². The van der Waals surface area contributed by atoms with Crippen LogP contribution in [0.2, 0.25) is 0 Å². The van der Waals surface area contributed by atoms with Gasteiger partial charge in [-0.05, 0) is 36.8 Å². The van der Waals surface area contributed by atoms with Gasteiger partial charge in [-0.1, -0.05) is 46.3 Å². The molecular formula is C27H27BrN2O5. The van der Waals surface area contributed by atoms with E-state index in [-0.39, 0.29) is 25.2 Å². The average Bonchev–Trinajstić information content (AvgIpc) is 2.88. The molecule has 182 valence electrons. The number of carbonyl (C=O) groups excluding carboxylic acids is 1. The van der Waals surface area contributed by atoms with Gasteiger partial charge in [-0.3, -0.25) is 4.79 Å². The molecule has 0 saturated heterocycles. The van der Waals surface area contributed by atoms with E-state index in [0.29, 0.717) is 28.6 Å². The van der Waals surface area contributed by atoms with E-state index >= 15 is 0 Å². The van der Waals surface area contributed by atoms with E-state index in [1.807, 2.05) is 59.5 Å². The first-order chi connectivity index (χ1) is 17.0. The second-order valence-electron chi connectivity index (χ2n) is 7.79. The Morgan fingerprint density at radius 1 is 0.943 bits per heavy atom. The molecule has 0 spiro atoms. The fourth-order valence-corrected chi connectivity index (χ4v) is 4.62. The van der Waals surface area contributed by atoms with E-state index in [1.165, 1.54) is 0 Å². The predicted octanol–water partition coefficient (Wildman–Crippen LogP) is 5.52. The minimum atomic E-state index is -0.348. The average molecular weight is 539 g/mol. The molecule has 3 aromatic carbocycles. The van der Waals surface area contributed by atoms with E-state index < -0.39 is 0 Å². The standard InChI is InChI=1S/C27H27BrN2O5/c1-5-35-25(31)16-30-26(17-9-7-6-8-10-17)19-13-18(28)11-12-21(19)29-27(30)20-14-23(33-3)24(34-4)15-22(20)32-2/h6-15,26H,5,16H2,1-4H3. The summed E-state index contributed by atoms with van der Waals surface area (Å²) in [5, 5.41) is 0. The smallest absolute Gasteiger partial charge is 0.325 e. The van der Waals surface area contributed by atoms with Crippen molar-refractivity contribution in [2.75, 3.05) is 34.5 Å². The molecule has 0 saturated carbocycles. The third-order valence-electron chi connectivity index (χ3n) is 5.76. The molecule has 4 rings (SSSR count). The lowest BCUT2D eigenvalue weighted by Gasteiger charge is -2.38. The van der Waals surface area contributed by atoms with Crippen LogP contribution in [0.5, 0.6) is 17.2 Å². The SMILES string of the molecule is CCOC(=O)CN1C(c2cc(OC)c(OC)cc2OC)=Nc2ccc(Br)cc2C1c1ccccc1. The van der Waals surface area contributed by atoms with Crippen LogP contribution in [0.25, 0.3) is 0 Å². The number of benzene rings is 3. The van der Waals surface area contributed by atoms with Crippen LogP contribution in [-0.4, -0.2) is 51.2 Å². The Balaban J connectivity index is 1.99. The molecule has 35 heavy (non-hydrogen) atoms. The lowest BCUT2D eigenvalue weighted by molar-refractivity contribution is -0.143. The topological polar surface area (TPSA) is 69.6 Å². The van der Waals surface area contributed by atoms with Gasteiger partial charge < -0.3 is 23.8 Å². The molecule has 0 bridgehead atoms. The minimum absolute atomic E-state index is 0.00428. The molecule has 0 aliphatic carbocycles. The fraction of sp³-hybridized carbons (Fsp3) is 0.259. The van der Waals surface area contributed by atoms with Crippen molar-refractivity contribution in [3.63, 3.8) is 0 Å². The van der Waals surface area contributed by atoms with Gasteiger partial charge in [0, 0.05) is 16.1 Å². The number of esters is 1.